The van der Waals surface area contributed by atoms with E-state index in [1.165, 1.54) is 23.5 Å². The lowest BCUT2D eigenvalue weighted by molar-refractivity contribution is 0.630. The molecule has 0 amide bonds. The number of hydrogen-bond acceptors (Lipinski definition) is 3. The van der Waals surface area contributed by atoms with Gasteiger partial charge in [-0.2, -0.15) is 5.26 Å². The molecular weight excluding hydrogens is 187 g/mol. The first kappa shape index (κ1) is 8.02. The predicted octanol–water partition coefficient (Wildman–Crippen LogP) is 2.49. The van der Waals surface area contributed by atoms with Crippen LogP contribution in [0.4, 0.5) is 10.1 Å². The molecule has 0 bridgehead atoms. The molecule has 0 saturated heterocycles. The topological polar surface area (TPSA) is 49.8 Å². The Balaban J connectivity index is 2.87. The average molecular weight is 192 g/mol. The minimum atomic E-state index is -0.332. The van der Waals surface area contributed by atoms with Gasteiger partial charge in [-0.1, -0.05) is 0 Å². The fraction of sp³-hybridized carbons (Fsp3) is 0. The minimum Gasteiger partial charge on any atom is -0.396 e. The van der Waals surface area contributed by atoms with E-state index in [4.69, 9.17) is 11.0 Å². The van der Waals surface area contributed by atoms with Crippen LogP contribution in [0, 0.1) is 17.1 Å². The van der Waals surface area contributed by atoms with Crippen molar-refractivity contribution in [2.24, 2.45) is 0 Å². The summed E-state index contributed by atoms with van der Waals surface area (Å²) in [5.74, 6) is -0.332. The van der Waals surface area contributed by atoms with Crippen LogP contribution in [0.2, 0.25) is 0 Å². The molecule has 0 aliphatic heterocycles. The predicted molar refractivity (Wildman–Crippen MR) is 50.9 cm³/mol. The summed E-state index contributed by atoms with van der Waals surface area (Å²) in [5, 5.41) is 9.30. The Morgan fingerprint density at radius 3 is 2.92 bits per heavy atom. The second kappa shape index (κ2) is 2.71. The molecule has 0 aliphatic rings. The van der Waals surface area contributed by atoms with E-state index in [2.05, 4.69) is 0 Å². The highest BCUT2D eigenvalue weighted by atomic mass is 32.1. The Kier molecular flexibility index (Phi) is 1.67. The van der Waals surface area contributed by atoms with Gasteiger partial charge < -0.3 is 5.73 Å². The second-order valence-electron chi connectivity index (χ2n) is 2.60. The Bertz CT molecular complexity index is 510. The third-order valence-electron chi connectivity index (χ3n) is 1.79. The number of halogens is 1. The maximum Gasteiger partial charge on any atom is 0.129 e. The molecule has 0 aliphatic carbocycles. The number of nitriles is 1. The summed E-state index contributed by atoms with van der Waals surface area (Å²) >= 11 is 1.28. The van der Waals surface area contributed by atoms with Gasteiger partial charge in [0.15, 0.2) is 0 Å². The van der Waals surface area contributed by atoms with Crippen LogP contribution in [-0.2, 0) is 0 Å². The van der Waals surface area contributed by atoms with Crippen molar-refractivity contribution in [2.75, 3.05) is 5.73 Å². The number of benzene rings is 1. The van der Waals surface area contributed by atoms with Gasteiger partial charge in [0.2, 0.25) is 0 Å². The molecule has 64 valence electrons. The largest absolute Gasteiger partial charge is 0.396 e. The van der Waals surface area contributed by atoms with Gasteiger partial charge in [0, 0.05) is 10.1 Å². The number of nitrogens with two attached hydrogens (primary N) is 1. The normalized spacial score (nSPS) is 10.2. The number of anilines is 1. The summed E-state index contributed by atoms with van der Waals surface area (Å²) in [4.78, 5) is 0.445. The van der Waals surface area contributed by atoms with E-state index in [0.717, 1.165) is 4.70 Å². The zero-order valence-electron chi connectivity index (χ0n) is 6.54. The van der Waals surface area contributed by atoms with Crippen LogP contribution in [0.15, 0.2) is 18.2 Å². The molecule has 1 aromatic heterocycles. The van der Waals surface area contributed by atoms with Crippen molar-refractivity contribution in [3.05, 3.63) is 28.9 Å². The number of fused-ring (bicyclic) bond motifs is 1. The molecular formula is C9H5FN2S. The molecule has 0 spiro atoms. The summed E-state index contributed by atoms with van der Waals surface area (Å²) in [6.07, 6.45) is 0. The fourth-order valence-electron chi connectivity index (χ4n) is 1.17. The first-order valence-electron chi connectivity index (χ1n) is 3.60. The lowest BCUT2D eigenvalue weighted by Crippen LogP contribution is -1.84. The quantitative estimate of drug-likeness (QED) is 0.697. The lowest BCUT2D eigenvalue weighted by atomic mass is 10.2. The summed E-state index contributed by atoms with van der Waals surface area (Å²) < 4.78 is 13.6. The summed E-state index contributed by atoms with van der Waals surface area (Å²) in [6, 6.07) is 6.32. The molecule has 0 radical (unpaired) electrons. The van der Waals surface area contributed by atoms with Crippen molar-refractivity contribution in [3.63, 3.8) is 0 Å². The highest BCUT2D eigenvalue weighted by molar-refractivity contribution is 7.20. The van der Waals surface area contributed by atoms with E-state index in [0.29, 0.717) is 16.0 Å². The standard InChI is InChI=1S/C9H5FN2S/c10-5-1-2-7-6(3-5)9(12)8(4-11)13-7/h1-3H,12H2. The van der Waals surface area contributed by atoms with Crippen LogP contribution in [0.5, 0.6) is 0 Å². The van der Waals surface area contributed by atoms with Gasteiger partial charge in [-0.15, -0.1) is 11.3 Å². The maximum atomic E-state index is 12.8. The molecule has 1 aromatic carbocycles. The molecule has 2 aromatic rings. The van der Waals surface area contributed by atoms with Gasteiger partial charge in [0.1, 0.15) is 16.8 Å². The highest BCUT2D eigenvalue weighted by Gasteiger charge is 2.08. The van der Waals surface area contributed by atoms with Gasteiger partial charge >= 0.3 is 0 Å². The number of hydrogen-bond donors (Lipinski definition) is 1. The molecule has 0 saturated carbocycles. The van der Waals surface area contributed by atoms with Crippen molar-refractivity contribution in [3.8, 4) is 6.07 Å². The summed E-state index contributed by atoms with van der Waals surface area (Å²) in [6.45, 7) is 0. The van der Waals surface area contributed by atoms with Gasteiger partial charge in [0.25, 0.3) is 0 Å². The Morgan fingerprint density at radius 1 is 1.46 bits per heavy atom. The molecule has 2 N–H and O–H groups in total. The average Bonchev–Trinajstić information content (AvgIpc) is 2.44. The van der Waals surface area contributed by atoms with E-state index in [-0.39, 0.29) is 5.82 Å². The van der Waals surface area contributed by atoms with Crippen molar-refractivity contribution in [1.82, 2.24) is 0 Å². The van der Waals surface area contributed by atoms with Crippen molar-refractivity contribution >= 4 is 27.1 Å². The molecule has 0 unspecified atom stereocenters. The van der Waals surface area contributed by atoms with Crippen LogP contribution in [-0.4, -0.2) is 0 Å². The van der Waals surface area contributed by atoms with Crippen LogP contribution in [0.25, 0.3) is 10.1 Å². The Hall–Kier alpha value is -1.60. The van der Waals surface area contributed by atoms with Crippen molar-refractivity contribution in [1.29, 1.82) is 5.26 Å². The van der Waals surface area contributed by atoms with Crippen molar-refractivity contribution in [2.45, 2.75) is 0 Å². The van der Waals surface area contributed by atoms with E-state index in [1.54, 1.807) is 6.07 Å². The number of nitrogen functional groups attached to an aromatic ring is 1. The summed E-state index contributed by atoms with van der Waals surface area (Å²) in [5.41, 5.74) is 6.02. The smallest absolute Gasteiger partial charge is 0.129 e. The Labute approximate surface area is 78.0 Å². The number of nitrogens with zero attached hydrogens (tertiary/aromatic N) is 1. The third kappa shape index (κ3) is 1.14. The highest BCUT2D eigenvalue weighted by Crippen LogP contribution is 2.33. The van der Waals surface area contributed by atoms with Gasteiger partial charge in [0.05, 0.1) is 5.69 Å². The SMILES string of the molecule is N#Cc1sc2ccc(F)cc2c1N. The molecule has 0 fully saturated rings. The van der Waals surface area contributed by atoms with Gasteiger partial charge in [-0.05, 0) is 18.2 Å². The monoisotopic (exact) mass is 192 g/mol. The van der Waals surface area contributed by atoms with E-state index >= 15 is 0 Å². The van der Waals surface area contributed by atoms with Gasteiger partial charge in [-0.3, -0.25) is 0 Å². The number of thiophene rings is 1. The summed E-state index contributed by atoms with van der Waals surface area (Å²) in [7, 11) is 0. The lowest BCUT2D eigenvalue weighted by Gasteiger charge is -1.90. The van der Waals surface area contributed by atoms with E-state index in [9.17, 15) is 4.39 Å². The first-order chi connectivity index (χ1) is 6.22. The second-order valence-corrected chi connectivity index (χ2v) is 3.65. The molecule has 2 nitrogen and oxygen atoms in total. The van der Waals surface area contributed by atoms with Crippen LogP contribution in [0.1, 0.15) is 4.88 Å². The molecule has 1 heterocycles. The van der Waals surface area contributed by atoms with Crippen LogP contribution in [0.3, 0.4) is 0 Å². The Morgan fingerprint density at radius 2 is 2.23 bits per heavy atom. The van der Waals surface area contributed by atoms with Gasteiger partial charge in [-0.25, -0.2) is 4.39 Å². The first-order valence-corrected chi connectivity index (χ1v) is 4.41. The number of rotatable bonds is 0. The fourth-order valence-corrected chi connectivity index (χ4v) is 2.07. The third-order valence-corrected chi connectivity index (χ3v) is 2.88. The van der Waals surface area contributed by atoms with Crippen molar-refractivity contribution < 1.29 is 4.39 Å². The molecule has 0 atom stereocenters. The van der Waals surface area contributed by atoms with Crippen LogP contribution >= 0.6 is 11.3 Å². The maximum absolute atomic E-state index is 12.8. The minimum absolute atomic E-state index is 0.332. The zero-order chi connectivity index (χ0) is 9.42. The van der Waals surface area contributed by atoms with E-state index < -0.39 is 0 Å². The zero-order valence-corrected chi connectivity index (χ0v) is 7.36. The molecule has 13 heavy (non-hydrogen) atoms. The van der Waals surface area contributed by atoms with E-state index in [1.807, 2.05) is 6.07 Å². The molecule has 4 heteroatoms. The van der Waals surface area contributed by atoms with Crippen LogP contribution < -0.4 is 5.73 Å². The molecule has 2 rings (SSSR count).